The van der Waals surface area contributed by atoms with Crippen LogP contribution in [0.1, 0.15) is 23.2 Å². The minimum Gasteiger partial charge on any atom is -0.325 e. The van der Waals surface area contributed by atoms with Gasteiger partial charge in [0.05, 0.1) is 20.8 Å². The fraction of sp³-hybridized carbons (Fsp3) is 0.125. The molecule has 2 rings (SSSR count). The molecule has 0 fully saturated rings. The first-order valence-electron chi connectivity index (χ1n) is 6.50. The van der Waals surface area contributed by atoms with Crippen molar-refractivity contribution in [2.75, 3.05) is 5.32 Å². The molecular formula is C16H12Cl3NO2. The lowest BCUT2D eigenvalue weighted by molar-refractivity contribution is -0.116. The second-order valence-corrected chi connectivity index (χ2v) is 5.81. The van der Waals surface area contributed by atoms with Gasteiger partial charge in [0.2, 0.25) is 5.91 Å². The average molecular weight is 357 g/mol. The molecule has 2 aromatic rings. The highest BCUT2D eigenvalue weighted by molar-refractivity contribution is 6.44. The monoisotopic (exact) mass is 355 g/mol. The molecule has 0 aromatic heterocycles. The molecule has 0 saturated carbocycles. The first-order chi connectivity index (χ1) is 10.5. The number of ketones is 1. The van der Waals surface area contributed by atoms with Crippen molar-refractivity contribution in [3.05, 3.63) is 63.1 Å². The van der Waals surface area contributed by atoms with Crippen molar-refractivity contribution in [3.63, 3.8) is 0 Å². The standard InChI is InChI=1S/C16H12Cl3NO2/c17-11-8-13(19)14(9-12(11)18)20-16(22)7-6-15(21)10-4-2-1-3-5-10/h1-5,8-9H,6-7H2,(H,20,22). The lowest BCUT2D eigenvalue weighted by atomic mass is 10.1. The van der Waals surface area contributed by atoms with Gasteiger partial charge in [-0.25, -0.2) is 0 Å². The van der Waals surface area contributed by atoms with Gasteiger partial charge in [-0.2, -0.15) is 0 Å². The Morgan fingerprint density at radius 1 is 0.864 bits per heavy atom. The molecule has 114 valence electrons. The van der Waals surface area contributed by atoms with Crippen molar-refractivity contribution in [1.29, 1.82) is 0 Å². The zero-order valence-corrected chi connectivity index (χ0v) is 13.7. The number of halogens is 3. The lowest BCUT2D eigenvalue weighted by Crippen LogP contribution is -2.13. The number of nitrogens with one attached hydrogen (secondary N) is 1. The van der Waals surface area contributed by atoms with Crippen LogP contribution >= 0.6 is 34.8 Å². The maximum atomic E-state index is 11.9. The lowest BCUT2D eigenvalue weighted by Gasteiger charge is -2.08. The molecule has 0 aliphatic carbocycles. The largest absolute Gasteiger partial charge is 0.325 e. The van der Waals surface area contributed by atoms with Crippen LogP contribution in [0.15, 0.2) is 42.5 Å². The number of hydrogen-bond donors (Lipinski definition) is 1. The van der Waals surface area contributed by atoms with Gasteiger partial charge in [0.25, 0.3) is 0 Å². The Balaban J connectivity index is 1.94. The highest BCUT2D eigenvalue weighted by Gasteiger charge is 2.12. The van der Waals surface area contributed by atoms with Crippen molar-refractivity contribution in [2.24, 2.45) is 0 Å². The first-order valence-corrected chi connectivity index (χ1v) is 7.63. The van der Waals surface area contributed by atoms with Crippen molar-refractivity contribution in [3.8, 4) is 0 Å². The number of Topliss-reactive ketones (excluding diaryl/α,β-unsaturated/α-hetero) is 1. The van der Waals surface area contributed by atoms with Crippen LogP contribution in [-0.4, -0.2) is 11.7 Å². The summed E-state index contributed by atoms with van der Waals surface area (Å²) >= 11 is 17.7. The molecule has 0 saturated heterocycles. The zero-order valence-electron chi connectivity index (χ0n) is 11.4. The number of rotatable bonds is 5. The second kappa shape index (κ2) is 7.63. The number of carbonyl (C=O) groups is 2. The summed E-state index contributed by atoms with van der Waals surface area (Å²) < 4.78 is 0. The van der Waals surface area contributed by atoms with Crippen LogP contribution in [-0.2, 0) is 4.79 Å². The molecule has 3 nitrogen and oxygen atoms in total. The minimum absolute atomic E-state index is 0.0598. The van der Waals surface area contributed by atoms with Gasteiger partial charge in [0.1, 0.15) is 0 Å². The van der Waals surface area contributed by atoms with Crippen LogP contribution in [0.3, 0.4) is 0 Å². The van der Waals surface area contributed by atoms with E-state index in [1.807, 2.05) is 6.07 Å². The Morgan fingerprint density at radius 2 is 1.50 bits per heavy atom. The van der Waals surface area contributed by atoms with Gasteiger partial charge < -0.3 is 5.32 Å². The molecule has 0 radical (unpaired) electrons. The van der Waals surface area contributed by atoms with E-state index in [0.29, 0.717) is 21.3 Å². The van der Waals surface area contributed by atoms with Gasteiger partial charge in [-0.05, 0) is 12.1 Å². The third kappa shape index (κ3) is 4.47. The molecular weight excluding hydrogens is 345 g/mol. The fourth-order valence-corrected chi connectivity index (χ4v) is 2.42. The van der Waals surface area contributed by atoms with E-state index in [1.165, 1.54) is 12.1 Å². The van der Waals surface area contributed by atoms with Gasteiger partial charge in [-0.1, -0.05) is 65.1 Å². The first kappa shape index (κ1) is 16.8. The number of anilines is 1. The molecule has 0 aliphatic rings. The predicted molar refractivity (Wildman–Crippen MR) is 90.1 cm³/mol. The van der Waals surface area contributed by atoms with Crippen LogP contribution in [0.5, 0.6) is 0 Å². The molecule has 6 heteroatoms. The van der Waals surface area contributed by atoms with E-state index >= 15 is 0 Å². The number of carbonyl (C=O) groups excluding carboxylic acids is 2. The Labute approximate surface area is 143 Å². The Hall–Kier alpha value is -1.55. The van der Waals surface area contributed by atoms with Crippen molar-refractivity contribution in [1.82, 2.24) is 0 Å². The predicted octanol–water partition coefficient (Wildman–Crippen LogP) is 5.25. The summed E-state index contributed by atoms with van der Waals surface area (Å²) in [6.45, 7) is 0. The van der Waals surface area contributed by atoms with Crippen LogP contribution in [0.2, 0.25) is 15.1 Å². The van der Waals surface area contributed by atoms with E-state index in [1.54, 1.807) is 24.3 Å². The van der Waals surface area contributed by atoms with Gasteiger partial charge in [0.15, 0.2) is 5.78 Å². The molecule has 0 bridgehead atoms. The third-order valence-corrected chi connectivity index (χ3v) is 3.99. The molecule has 1 N–H and O–H groups in total. The molecule has 1 amide bonds. The Bertz CT molecular complexity index is 702. The van der Waals surface area contributed by atoms with Crippen molar-refractivity contribution < 1.29 is 9.59 Å². The number of hydrogen-bond acceptors (Lipinski definition) is 2. The molecule has 2 aromatic carbocycles. The summed E-state index contributed by atoms with van der Waals surface area (Å²) in [6.07, 6.45) is 0.180. The highest BCUT2D eigenvalue weighted by Crippen LogP contribution is 2.32. The van der Waals surface area contributed by atoms with Gasteiger partial charge in [-0.15, -0.1) is 0 Å². The molecule has 0 heterocycles. The van der Waals surface area contributed by atoms with Crippen LogP contribution < -0.4 is 5.32 Å². The topological polar surface area (TPSA) is 46.2 Å². The van der Waals surface area contributed by atoms with Crippen molar-refractivity contribution in [2.45, 2.75) is 12.8 Å². The SMILES string of the molecule is O=C(CCC(=O)c1ccccc1)Nc1cc(Cl)c(Cl)cc1Cl. The normalized spacial score (nSPS) is 10.3. The smallest absolute Gasteiger partial charge is 0.224 e. The van der Waals surface area contributed by atoms with Gasteiger partial charge in [-0.3, -0.25) is 9.59 Å². The minimum atomic E-state index is -0.315. The van der Waals surface area contributed by atoms with Crippen molar-refractivity contribution >= 4 is 52.2 Å². The zero-order chi connectivity index (χ0) is 16.1. The van der Waals surface area contributed by atoms with Crippen LogP contribution in [0, 0.1) is 0 Å². The average Bonchev–Trinajstić information content (AvgIpc) is 2.51. The summed E-state index contributed by atoms with van der Waals surface area (Å²) in [5.74, 6) is -0.402. The summed E-state index contributed by atoms with van der Waals surface area (Å²) in [7, 11) is 0. The highest BCUT2D eigenvalue weighted by atomic mass is 35.5. The summed E-state index contributed by atoms with van der Waals surface area (Å²) in [6, 6.07) is 11.8. The Morgan fingerprint density at radius 3 is 2.18 bits per heavy atom. The quantitative estimate of drug-likeness (QED) is 0.587. The van der Waals surface area contributed by atoms with E-state index in [9.17, 15) is 9.59 Å². The Kier molecular flexibility index (Phi) is 5.83. The molecule has 22 heavy (non-hydrogen) atoms. The maximum absolute atomic E-state index is 11.9. The van der Waals surface area contributed by atoms with Gasteiger partial charge in [0, 0.05) is 18.4 Å². The molecule has 0 atom stereocenters. The van der Waals surface area contributed by atoms with E-state index in [0.717, 1.165) is 0 Å². The van der Waals surface area contributed by atoms with Crippen LogP contribution in [0.25, 0.3) is 0 Å². The second-order valence-electron chi connectivity index (χ2n) is 4.58. The van der Waals surface area contributed by atoms with E-state index < -0.39 is 0 Å². The summed E-state index contributed by atoms with van der Waals surface area (Å²) in [5, 5.41) is 3.51. The van der Waals surface area contributed by atoms with E-state index in [2.05, 4.69) is 5.32 Å². The summed E-state index contributed by atoms with van der Waals surface area (Å²) in [4.78, 5) is 23.8. The molecule has 0 aliphatic heterocycles. The maximum Gasteiger partial charge on any atom is 0.224 e. The summed E-state index contributed by atoms with van der Waals surface area (Å²) in [5.41, 5.74) is 0.955. The molecule has 0 spiro atoms. The molecule has 0 unspecified atom stereocenters. The van der Waals surface area contributed by atoms with Crippen LogP contribution in [0.4, 0.5) is 5.69 Å². The van der Waals surface area contributed by atoms with E-state index in [4.69, 9.17) is 34.8 Å². The number of amides is 1. The third-order valence-electron chi connectivity index (χ3n) is 2.96. The van der Waals surface area contributed by atoms with E-state index in [-0.39, 0.29) is 29.6 Å². The fourth-order valence-electron chi connectivity index (χ4n) is 1.83. The number of benzene rings is 2. The van der Waals surface area contributed by atoms with Gasteiger partial charge >= 0.3 is 0 Å².